The van der Waals surface area contributed by atoms with Gasteiger partial charge in [-0.1, -0.05) is 0 Å². The number of halogens is 4. The number of benzene rings is 1. The maximum Gasteiger partial charge on any atom is 0.449 e. The molecule has 1 aromatic heterocycles. The van der Waals surface area contributed by atoms with Crippen LogP contribution in [0.3, 0.4) is 0 Å². The molecule has 0 atom stereocenters. The predicted molar refractivity (Wildman–Crippen MR) is 47.3 cm³/mol. The Hall–Kier alpha value is -1.92. The highest BCUT2D eigenvalue weighted by atomic mass is 19.4. The average molecular weight is 232 g/mol. The number of aromatic nitrogens is 2. The Kier molecular flexibility index (Phi) is 2.18. The summed E-state index contributed by atoms with van der Waals surface area (Å²) < 4.78 is 49.6. The second-order valence-corrected chi connectivity index (χ2v) is 3.07. The van der Waals surface area contributed by atoms with Crippen LogP contribution < -0.4 is 5.56 Å². The summed E-state index contributed by atoms with van der Waals surface area (Å²) in [5.41, 5.74) is -1.21. The number of hydrogen-bond donors (Lipinski definition) is 1. The van der Waals surface area contributed by atoms with Crippen LogP contribution in [0.25, 0.3) is 10.9 Å². The molecular weight excluding hydrogens is 228 g/mol. The molecule has 0 unspecified atom stereocenters. The summed E-state index contributed by atoms with van der Waals surface area (Å²) in [4.78, 5) is 16.0. The third-order valence-electron chi connectivity index (χ3n) is 1.94. The van der Waals surface area contributed by atoms with Gasteiger partial charge in [0.25, 0.3) is 5.56 Å². The Morgan fingerprint density at radius 1 is 1.25 bits per heavy atom. The first-order valence-electron chi connectivity index (χ1n) is 4.15. The van der Waals surface area contributed by atoms with Gasteiger partial charge in [-0.15, -0.1) is 0 Å². The Labute approximate surface area is 85.7 Å². The van der Waals surface area contributed by atoms with Crippen molar-refractivity contribution in [1.82, 2.24) is 9.97 Å². The van der Waals surface area contributed by atoms with Crippen molar-refractivity contribution in [2.75, 3.05) is 0 Å². The SMILES string of the molecule is O=c1[nH]c(C(F)(F)F)nc2ccc(F)cc12. The lowest BCUT2D eigenvalue weighted by molar-refractivity contribution is -0.144. The van der Waals surface area contributed by atoms with E-state index in [1.165, 1.54) is 0 Å². The third kappa shape index (κ3) is 1.75. The van der Waals surface area contributed by atoms with Gasteiger partial charge in [0.2, 0.25) is 5.82 Å². The van der Waals surface area contributed by atoms with Crippen LogP contribution >= 0.6 is 0 Å². The van der Waals surface area contributed by atoms with E-state index < -0.39 is 23.4 Å². The van der Waals surface area contributed by atoms with E-state index >= 15 is 0 Å². The van der Waals surface area contributed by atoms with Crippen LogP contribution in [0.2, 0.25) is 0 Å². The normalized spacial score (nSPS) is 12.0. The second-order valence-electron chi connectivity index (χ2n) is 3.07. The molecule has 84 valence electrons. The van der Waals surface area contributed by atoms with Gasteiger partial charge >= 0.3 is 6.18 Å². The molecule has 7 heteroatoms. The van der Waals surface area contributed by atoms with Crippen molar-refractivity contribution in [3.63, 3.8) is 0 Å². The molecule has 0 aliphatic rings. The highest BCUT2D eigenvalue weighted by Gasteiger charge is 2.34. The number of hydrogen-bond acceptors (Lipinski definition) is 2. The molecule has 16 heavy (non-hydrogen) atoms. The summed E-state index contributed by atoms with van der Waals surface area (Å²) in [7, 11) is 0. The monoisotopic (exact) mass is 232 g/mol. The van der Waals surface area contributed by atoms with Gasteiger partial charge in [-0.3, -0.25) is 4.79 Å². The third-order valence-corrected chi connectivity index (χ3v) is 1.94. The van der Waals surface area contributed by atoms with Gasteiger partial charge in [0, 0.05) is 0 Å². The molecule has 0 saturated heterocycles. The van der Waals surface area contributed by atoms with Crippen molar-refractivity contribution < 1.29 is 17.6 Å². The largest absolute Gasteiger partial charge is 0.449 e. The van der Waals surface area contributed by atoms with Crippen LogP contribution in [0.1, 0.15) is 5.82 Å². The summed E-state index contributed by atoms with van der Waals surface area (Å²) in [5, 5.41) is -0.215. The number of aromatic amines is 1. The van der Waals surface area contributed by atoms with E-state index in [4.69, 9.17) is 0 Å². The second kappa shape index (κ2) is 3.29. The molecule has 3 nitrogen and oxygen atoms in total. The number of rotatable bonds is 0. The molecular formula is C9H4F4N2O. The van der Waals surface area contributed by atoms with Gasteiger partial charge in [0.1, 0.15) is 5.82 Å². The topological polar surface area (TPSA) is 45.8 Å². The molecule has 2 rings (SSSR count). The lowest BCUT2D eigenvalue weighted by Crippen LogP contribution is -2.19. The number of nitrogens with one attached hydrogen (secondary N) is 1. The molecule has 1 N–H and O–H groups in total. The average Bonchev–Trinajstić information content (AvgIpc) is 2.17. The molecule has 0 saturated carbocycles. The summed E-state index contributed by atoms with van der Waals surface area (Å²) in [5.74, 6) is -2.10. The van der Waals surface area contributed by atoms with Gasteiger partial charge in [-0.05, 0) is 18.2 Å². The molecule has 0 aliphatic carbocycles. The molecule has 0 bridgehead atoms. The minimum Gasteiger partial charge on any atom is -0.302 e. The minimum absolute atomic E-state index is 0.197. The van der Waals surface area contributed by atoms with Crippen molar-refractivity contribution >= 4 is 10.9 Å². The molecule has 1 heterocycles. The van der Waals surface area contributed by atoms with Crippen molar-refractivity contribution in [3.8, 4) is 0 Å². The molecule has 0 fully saturated rings. The first-order chi connectivity index (χ1) is 7.38. The number of nitrogens with zero attached hydrogens (tertiary/aromatic N) is 1. The fraction of sp³-hybridized carbons (Fsp3) is 0.111. The van der Waals surface area contributed by atoms with Crippen LogP contribution in [0.5, 0.6) is 0 Å². The molecule has 0 aliphatic heterocycles. The van der Waals surface area contributed by atoms with Gasteiger partial charge in [0.05, 0.1) is 10.9 Å². The van der Waals surface area contributed by atoms with Crippen LogP contribution in [0.4, 0.5) is 17.6 Å². The van der Waals surface area contributed by atoms with Gasteiger partial charge in [0.15, 0.2) is 0 Å². The zero-order valence-corrected chi connectivity index (χ0v) is 7.60. The van der Waals surface area contributed by atoms with E-state index in [1.807, 2.05) is 0 Å². The highest BCUT2D eigenvalue weighted by molar-refractivity contribution is 5.77. The Bertz CT molecular complexity index is 602. The smallest absolute Gasteiger partial charge is 0.302 e. The molecule has 0 spiro atoms. The quantitative estimate of drug-likeness (QED) is 0.707. The first-order valence-corrected chi connectivity index (χ1v) is 4.15. The molecule has 2 aromatic rings. The highest BCUT2D eigenvalue weighted by Crippen LogP contribution is 2.25. The lowest BCUT2D eigenvalue weighted by atomic mass is 10.2. The number of fused-ring (bicyclic) bond motifs is 1. The molecule has 0 amide bonds. The molecule has 1 aromatic carbocycles. The Balaban J connectivity index is 2.79. The summed E-state index contributed by atoms with van der Waals surface area (Å²) >= 11 is 0. The van der Waals surface area contributed by atoms with Crippen molar-refractivity contribution in [2.45, 2.75) is 6.18 Å². The summed E-state index contributed by atoms with van der Waals surface area (Å²) in [6.07, 6.45) is -4.73. The predicted octanol–water partition coefficient (Wildman–Crippen LogP) is 2.08. The zero-order valence-electron chi connectivity index (χ0n) is 7.60. The zero-order chi connectivity index (χ0) is 11.9. The van der Waals surface area contributed by atoms with E-state index in [9.17, 15) is 22.4 Å². The summed E-state index contributed by atoms with van der Waals surface area (Å²) in [6, 6.07) is 2.80. The van der Waals surface area contributed by atoms with E-state index in [1.54, 1.807) is 4.98 Å². The van der Waals surface area contributed by atoms with Crippen molar-refractivity contribution in [3.05, 3.63) is 40.2 Å². The number of alkyl halides is 3. The van der Waals surface area contributed by atoms with Crippen LogP contribution in [-0.2, 0) is 6.18 Å². The van der Waals surface area contributed by atoms with Crippen molar-refractivity contribution in [2.24, 2.45) is 0 Å². The standard InChI is InChI=1S/C9H4F4N2O/c10-4-1-2-6-5(3-4)7(16)15-8(14-6)9(11,12)13/h1-3H,(H,14,15,16). The van der Waals surface area contributed by atoms with Crippen LogP contribution in [0, 0.1) is 5.82 Å². The Morgan fingerprint density at radius 2 is 1.94 bits per heavy atom. The van der Waals surface area contributed by atoms with E-state index in [0.717, 1.165) is 18.2 Å². The van der Waals surface area contributed by atoms with Crippen LogP contribution in [0.15, 0.2) is 23.0 Å². The fourth-order valence-corrected chi connectivity index (χ4v) is 1.25. The fourth-order valence-electron chi connectivity index (χ4n) is 1.25. The van der Waals surface area contributed by atoms with Gasteiger partial charge < -0.3 is 4.98 Å². The van der Waals surface area contributed by atoms with Crippen LogP contribution in [-0.4, -0.2) is 9.97 Å². The van der Waals surface area contributed by atoms with Gasteiger partial charge in [-0.25, -0.2) is 9.37 Å². The lowest BCUT2D eigenvalue weighted by Gasteiger charge is -2.05. The maximum atomic E-state index is 12.7. The minimum atomic E-state index is -4.73. The van der Waals surface area contributed by atoms with E-state index in [-0.39, 0.29) is 10.9 Å². The molecule has 0 radical (unpaired) electrons. The van der Waals surface area contributed by atoms with E-state index in [2.05, 4.69) is 4.98 Å². The van der Waals surface area contributed by atoms with E-state index in [0.29, 0.717) is 0 Å². The number of H-pyrrole nitrogens is 1. The Morgan fingerprint density at radius 3 is 2.56 bits per heavy atom. The first kappa shape index (κ1) is 10.6. The van der Waals surface area contributed by atoms with Gasteiger partial charge in [-0.2, -0.15) is 13.2 Å². The maximum absolute atomic E-state index is 12.7. The summed E-state index contributed by atoms with van der Waals surface area (Å²) in [6.45, 7) is 0. The van der Waals surface area contributed by atoms with Crippen molar-refractivity contribution in [1.29, 1.82) is 0 Å².